The van der Waals surface area contributed by atoms with Crippen molar-refractivity contribution < 1.29 is 13.9 Å². The van der Waals surface area contributed by atoms with Crippen molar-refractivity contribution >= 4 is 17.5 Å². The number of hydrogen-bond donors (Lipinski definition) is 1. The molecule has 0 saturated heterocycles. The number of hydrogen-bond acceptors (Lipinski definition) is 2. The third kappa shape index (κ3) is 3.00. The highest BCUT2D eigenvalue weighted by molar-refractivity contribution is 6.30. The summed E-state index contributed by atoms with van der Waals surface area (Å²) in [7, 11) is 0. The van der Waals surface area contributed by atoms with Gasteiger partial charge in [-0.3, -0.25) is 4.79 Å². The normalized spacial score (nSPS) is 16.8. The minimum atomic E-state index is -0.366. The summed E-state index contributed by atoms with van der Waals surface area (Å²) >= 11 is 6.00. The van der Waals surface area contributed by atoms with Gasteiger partial charge in [0.1, 0.15) is 11.6 Å². The third-order valence-electron chi connectivity index (χ3n) is 3.42. The molecule has 1 atom stereocenters. The number of carbonyl (C=O) groups excluding carboxylic acids is 1. The molecule has 1 N–H and O–H groups in total. The van der Waals surface area contributed by atoms with Gasteiger partial charge in [-0.2, -0.15) is 0 Å². The van der Waals surface area contributed by atoms with E-state index in [1.165, 1.54) is 24.3 Å². The van der Waals surface area contributed by atoms with Gasteiger partial charge in [0.05, 0.1) is 12.6 Å². The first-order valence-electron chi connectivity index (χ1n) is 6.62. The molecular weight excluding hydrogens is 293 g/mol. The predicted octanol–water partition coefficient (Wildman–Crippen LogP) is 3.73. The lowest BCUT2D eigenvalue weighted by Crippen LogP contribution is -2.32. The monoisotopic (exact) mass is 305 g/mol. The molecule has 0 fully saturated rings. The summed E-state index contributed by atoms with van der Waals surface area (Å²) in [6, 6.07) is 10.6. The Morgan fingerprint density at radius 2 is 2.00 bits per heavy atom. The molecule has 0 bridgehead atoms. The molecule has 0 saturated carbocycles. The number of fused-ring (bicyclic) bond motifs is 1. The lowest BCUT2D eigenvalue weighted by Gasteiger charge is -2.27. The largest absolute Gasteiger partial charge is 0.493 e. The molecule has 5 heteroatoms. The smallest absolute Gasteiger partial charge is 0.251 e. The summed E-state index contributed by atoms with van der Waals surface area (Å²) in [6.07, 6.45) is 0.667. The minimum absolute atomic E-state index is 0.162. The topological polar surface area (TPSA) is 38.3 Å². The van der Waals surface area contributed by atoms with Crippen molar-refractivity contribution in [3.05, 3.63) is 64.4 Å². The summed E-state index contributed by atoms with van der Waals surface area (Å²) < 4.78 is 18.4. The van der Waals surface area contributed by atoms with Crippen molar-refractivity contribution in [3.63, 3.8) is 0 Å². The van der Waals surface area contributed by atoms with E-state index in [1.807, 2.05) is 0 Å². The molecule has 3 rings (SSSR count). The van der Waals surface area contributed by atoms with Gasteiger partial charge in [0.15, 0.2) is 0 Å². The van der Waals surface area contributed by atoms with Crippen molar-refractivity contribution in [1.82, 2.24) is 5.32 Å². The van der Waals surface area contributed by atoms with Crippen LogP contribution in [0.4, 0.5) is 4.39 Å². The van der Waals surface area contributed by atoms with E-state index in [2.05, 4.69) is 5.32 Å². The summed E-state index contributed by atoms with van der Waals surface area (Å²) in [5.74, 6) is 0.123. The number of carbonyl (C=O) groups is 1. The molecule has 21 heavy (non-hydrogen) atoms. The summed E-state index contributed by atoms with van der Waals surface area (Å²) in [6.45, 7) is 0.531. The Balaban J connectivity index is 1.81. The average Bonchev–Trinajstić information content (AvgIpc) is 2.48. The highest BCUT2D eigenvalue weighted by atomic mass is 35.5. The molecule has 108 valence electrons. The standard InChI is InChI=1S/C16H13ClFNO2/c17-11-3-6-15-13(9-11)14(7-8-21-15)19-16(20)10-1-4-12(18)5-2-10/h1-6,9,14H,7-8H2,(H,19,20). The van der Waals surface area contributed by atoms with Gasteiger partial charge in [0.2, 0.25) is 0 Å². The minimum Gasteiger partial charge on any atom is -0.493 e. The van der Waals surface area contributed by atoms with Gasteiger partial charge in [0.25, 0.3) is 5.91 Å². The molecule has 1 amide bonds. The zero-order chi connectivity index (χ0) is 14.8. The number of rotatable bonds is 2. The van der Waals surface area contributed by atoms with Crippen LogP contribution in [0.1, 0.15) is 28.4 Å². The van der Waals surface area contributed by atoms with Crippen LogP contribution in [-0.4, -0.2) is 12.5 Å². The second-order valence-corrected chi connectivity index (χ2v) is 5.29. The van der Waals surface area contributed by atoms with Crippen LogP contribution < -0.4 is 10.1 Å². The molecule has 0 radical (unpaired) electrons. The van der Waals surface area contributed by atoms with Crippen LogP contribution in [0.3, 0.4) is 0 Å². The highest BCUT2D eigenvalue weighted by Crippen LogP contribution is 2.34. The first-order chi connectivity index (χ1) is 10.1. The summed E-state index contributed by atoms with van der Waals surface area (Å²) in [5.41, 5.74) is 1.29. The van der Waals surface area contributed by atoms with Crippen LogP contribution in [0, 0.1) is 5.82 Å². The molecule has 1 unspecified atom stereocenters. The fourth-order valence-corrected chi connectivity index (χ4v) is 2.54. The van der Waals surface area contributed by atoms with Crippen molar-refractivity contribution in [2.24, 2.45) is 0 Å². The first-order valence-corrected chi connectivity index (χ1v) is 7.00. The Bertz CT molecular complexity index is 672. The fourth-order valence-electron chi connectivity index (χ4n) is 2.36. The van der Waals surface area contributed by atoms with E-state index in [-0.39, 0.29) is 17.8 Å². The SMILES string of the molecule is O=C(NC1CCOc2ccc(Cl)cc21)c1ccc(F)cc1. The van der Waals surface area contributed by atoms with Gasteiger partial charge in [-0.05, 0) is 42.5 Å². The van der Waals surface area contributed by atoms with E-state index in [9.17, 15) is 9.18 Å². The molecule has 3 nitrogen and oxygen atoms in total. The number of amides is 1. The Kier molecular flexibility index (Phi) is 3.80. The third-order valence-corrected chi connectivity index (χ3v) is 3.66. The molecule has 0 aromatic heterocycles. The Labute approximate surface area is 126 Å². The number of halogens is 2. The van der Waals surface area contributed by atoms with Gasteiger partial charge in [-0.25, -0.2) is 4.39 Å². The van der Waals surface area contributed by atoms with Crippen molar-refractivity contribution in [1.29, 1.82) is 0 Å². The average molecular weight is 306 g/mol. The van der Waals surface area contributed by atoms with Gasteiger partial charge in [-0.1, -0.05) is 11.6 Å². The van der Waals surface area contributed by atoms with E-state index in [4.69, 9.17) is 16.3 Å². The fraction of sp³-hybridized carbons (Fsp3) is 0.188. The number of benzene rings is 2. The van der Waals surface area contributed by atoms with Gasteiger partial charge >= 0.3 is 0 Å². The Morgan fingerprint density at radius 3 is 2.76 bits per heavy atom. The number of nitrogens with one attached hydrogen (secondary N) is 1. The lowest BCUT2D eigenvalue weighted by atomic mass is 10.00. The zero-order valence-corrected chi connectivity index (χ0v) is 11.9. The van der Waals surface area contributed by atoms with Crippen LogP contribution in [-0.2, 0) is 0 Å². The summed E-state index contributed by atoms with van der Waals surface area (Å²) in [5, 5.41) is 3.54. The molecular formula is C16H13ClFNO2. The molecule has 1 heterocycles. The molecule has 2 aromatic carbocycles. The predicted molar refractivity (Wildman–Crippen MR) is 78.2 cm³/mol. The van der Waals surface area contributed by atoms with E-state index in [0.717, 1.165) is 11.3 Å². The lowest BCUT2D eigenvalue weighted by molar-refractivity contribution is 0.0925. The number of ether oxygens (including phenoxy) is 1. The van der Waals surface area contributed by atoms with Crippen LogP contribution in [0.15, 0.2) is 42.5 Å². The van der Waals surface area contributed by atoms with Gasteiger partial charge in [-0.15, -0.1) is 0 Å². The molecule has 1 aliphatic heterocycles. The molecule has 0 spiro atoms. The molecule has 1 aliphatic rings. The van der Waals surface area contributed by atoms with Crippen LogP contribution >= 0.6 is 11.6 Å². The van der Waals surface area contributed by atoms with Gasteiger partial charge < -0.3 is 10.1 Å². The van der Waals surface area contributed by atoms with Crippen molar-refractivity contribution in [2.45, 2.75) is 12.5 Å². The maximum atomic E-state index is 12.9. The summed E-state index contributed by atoms with van der Waals surface area (Å²) in [4.78, 5) is 12.2. The van der Waals surface area contributed by atoms with Crippen LogP contribution in [0.2, 0.25) is 5.02 Å². The highest BCUT2D eigenvalue weighted by Gasteiger charge is 2.23. The van der Waals surface area contributed by atoms with Gasteiger partial charge in [0, 0.05) is 22.6 Å². The van der Waals surface area contributed by atoms with E-state index in [0.29, 0.717) is 23.6 Å². The maximum absolute atomic E-state index is 12.9. The van der Waals surface area contributed by atoms with E-state index in [1.54, 1.807) is 18.2 Å². The van der Waals surface area contributed by atoms with Crippen LogP contribution in [0.25, 0.3) is 0 Å². The maximum Gasteiger partial charge on any atom is 0.251 e. The second kappa shape index (κ2) is 5.74. The quantitative estimate of drug-likeness (QED) is 0.918. The molecule has 0 aliphatic carbocycles. The first kappa shape index (κ1) is 13.9. The van der Waals surface area contributed by atoms with E-state index >= 15 is 0 Å². The zero-order valence-electron chi connectivity index (χ0n) is 11.1. The Morgan fingerprint density at radius 1 is 1.24 bits per heavy atom. The van der Waals surface area contributed by atoms with Crippen molar-refractivity contribution in [3.8, 4) is 5.75 Å². The second-order valence-electron chi connectivity index (χ2n) is 4.85. The molecule has 2 aromatic rings. The van der Waals surface area contributed by atoms with E-state index < -0.39 is 0 Å². The van der Waals surface area contributed by atoms with Crippen molar-refractivity contribution in [2.75, 3.05) is 6.61 Å². The van der Waals surface area contributed by atoms with Crippen LogP contribution in [0.5, 0.6) is 5.75 Å². The Hall–Kier alpha value is -2.07.